The number of nitrogens with zero attached hydrogens (tertiary/aromatic N) is 3. The van der Waals surface area contributed by atoms with Crippen molar-refractivity contribution in [1.29, 1.82) is 0 Å². The van der Waals surface area contributed by atoms with E-state index in [1.54, 1.807) is 0 Å². The zero-order valence-corrected chi connectivity index (χ0v) is 15.4. The second-order valence-electron chi connectivity index (χ2n) is 5.65. The summed E-state index contributed by atoms with van der Waals surface area (Å²) < 4.78 is 9.41. The molecule has 0 unspecified atom stereocenters. The van der Waals surface area contributed by atoms with Crippen LogP contribution in [0.1, 0.15) is 11.5 Å². The van der Waals surface area contributed by atoms with E-state index < -0.39 is 0 Å². The minimum Gasteiger partial charge on any atom is -0.459 e. The zero-order chi connectivity index (χ0) is 17.9. The molecule has 0 saturated heterocycles. The third kappa shape index (κ3) is 3.71. The fraction of sp³-hybridized carbons (Fsp3) is 0.111. The van der Waals surface area contributed by atoms with Crippen LogP contribution < -0.4 is 5.32 Å². The van der Waals surface area contributed by atoms with Crippen molar-refractivity contribution in [2.75, 3.05) is 5.32 Å². The molecule has 0 atom stereocenters. The van der Waals surface area contributed by atoms with Gasteiger partial charge in [-0.3, -0.25) is 4.79 Å². The lowest BCUT2D eigenvalue weighted by molar-refractivity contribution is -0.115. The Bertz CT molecular complexity index is 1020. The van der Waals surface area contributed by atoms with Gasteiger partial charge in [-0.2, -0.15) is 0 Å². The number of amides is 1. The number of furan rings is 1. The van der Waals surface area contributed by atoms with Crippen molar-refractivity contribution in [2.24, 2.45) is 0 Å². The summed E-state index contributed by atoms with van der Waals surface area (Å²) in [5.41, 5.74) is 3.26. The molecule has 0 radical (unpaired) electrons. The molecule has 0 bridgehead atoms. The number of anilines is 1. The number of hydrogen-bond acceptors (Lipinski definition) is 7. The van der Waals surface area contributed by atoms with Crippen LogP contribution >= 0.6 is 22.9 Å². The van der Waals surface area contributed by atoms with Crippen LogP contribution in [0.3, 0.4) is 0 Å². The van der Waals surface area contributed by atoms with Gasteiger partial charge in [0.15, 0.2) is 10.8 Å². The topological polar surface area (TPSA) is 80.9 Å². The van der Waals surface area contributed by atoms with Crippen LogP contribution in [0.15, 0.2) is 51.6 Å². The lowest BCUT2D eigenvalue weighted by atomic mass is 10.1. The van der Waals surface area contributed by atoms with Gasteiger partial charge in [0.2, 0.25) is 5.91 Å². The molecule has 0 aliphatic carbocycles. The first kappa shape index (κ1) is 16.6. The van der Waals surface area contributed by atoms with Crippen molar-refractivity contribution in [3.63, 3.8) is 0 Å². The zero-order valence-electron chi connectivity index (χ0n) is 13.8. The Kier molecular flexibility index (Phi) is 4.59. The van der Waals surface area contributed by atoms with Gasteiger partial charge < -0.3 is 9.73 Å². The number of hydrogen-bond donors (Lipinski definition) is 1. The molecular weight excluding hydrogens is 368 g/mol. The quantitative estimate of drug-likeness (QED) is 0.553. The molecule has 3 heterocycles. The van der Waals surface area contributed by atoms with E-state index in [2.05, 4.69) is 19.9 Å². The number of thiazole rings is 1. The van der Waals surface area contributed by atoms with E-state index in [-0.39, 0.29) is 12.3 Å². The van der Waals surface area contributed by atoms with Crippen molar-refractivity contribution >= 4 is 34.5 Å². The van der Waals surface area contributed by atoms with Gasteiger partial charge in [0.25, 0.3) is 0 Å². The number of benzene rings is 1. The Morgan fingerprint density at radius 3 is 2.69 bits per heavy atom. The summed E-state index contributed by atoms with van der Waals surface area (Å²) in [6, 6.07) is 11.3. The highest BCUT2D eigenvalue weighted by Crippen LogP contribution is 2.26. The average molecular weight is 382 g/mol. The summed E-state index contributed by atoms with van der Waals surface area (Å²) in [5.74, 6) is 1.46. The number of rotatable bonds is 5. The van der Waals surface area contributed by atoms with Gasteiger partial charge in [0.1, 0.15) is 11.5 Å². The lowest BCUT2D eigenvalue weighted by Gasteiger charge is -2.04. The van der Waals surface area contributed by atoms with Crippen LogP contribution in [0, 0.1) is 6.92 Å². The molecule has 6 nitrogen and oxygen atoms in total. The average Bonchev–Trinajstić information content (AvgIpc) is 3.37. The molecule has 4 rings (SSSR count). The molecule has 26 heavy (non-hydrogen) atoms. The molecule has 3 aromatic heterocycles. The standard InChI is InChI=1S/C18H14N4O2S2/c1-11-2-7-16(24-11)18-20-14(9-25-18)8-17(23)19-13-5-3-12(4-6-13)15-10-26-22-21-15/h2-7,9-10H,8H2,1H3,(H,19,23). The fourth-order valence-electron chi connectivity index (χ4n) is 2.44. The molecule has 0 aliphatic rings. The van der Waals surface area contributed by atoms with E-state index in [1.807, 2.05) is 54.1 Å². The highest BCUT2D eigenvalue weighted by molar-refractivity contribution is 7.13. The van der Waals surface area contributed by atoms with Gasteiger partial charge in [0.05, 0.1) is 12.1 Å². The summed E-state index contributed by atoms with van der Waals surface area (Å²) in [6.45, 7) is 1.89. The van der Waals surface area contributed by atoms with Gasteiger partial charge in [-0.25, -0.2) is 4.98 Å². The largest absolute Gasteiger partial charge is 0.459 e. The Labute approximate surface area is 157 Å². The molecule has 1 N–H and O–H groups in total. The van der Waals surface area contributed by atoms with Gasteiger partial charge in [-0.05, 0) is 42.7 Å². The Morgan fingerprint density at radius 2 is 2.00 bits per heavy atom. The molecule has 130 valence electrons. The molecule has 0 aliphatic heterocycles. The lowest BCUT2D eigenvalue weighted by Crippen LogP contribution is -2.14. The van der Waals surface area contributed by atoms with E-state index in [1.165, 1.54) is 22.9 Å². The maximum Gasteiger partial charge on any atom is 0.230 e. The fourth-order valence-corrected chi connectivity index (χ4v) is 3.68. The predicted octanol–water partition coefficient (Wildman–Crippen LogP) is 4.41. The highest BCUT2D eigenvalue weighted by atomic mass is 32.1. The molecule has 0 spiro atoms. The Balaban J connectivity index is 1.39. The third-order valence-electron chi connectivity index (χ3n) is 3.67. The van der Waals surface area contributed by atoms with Crippen molar-refractivity contribution in [3.8, 4) is 22.0 Å². The number of carbonyl (C=O) groups excluding carboxylic acids is 1. The van der Waals surface area contributed by atoms with Gasteiger partial charge in [0, 0.05) is 22.0 Å². The van der Waals surface area contributed by atoms with E-state index >= 15 is 0 Å². The first-order valence-corrected chi connectivity index (χ1v) is 9.57. The molecule has 4 aromatic rings. The first-order valence-electron chi connectivity index (χ1n) is 7.86. The van der Waals surface area contributed by atoms with Crippen molar-refractivity contribution in [1.82, 2.24) is 14.6 Å². The van der Waals surface area contributed by atoms with Crippen LogP contribution in [-0.4, -0.2) is 20.5 Å². The maximum atomic E-state index is 12.3. The van der Waals surface area contributed by atoms with Crippen LogP contribution in [-0.2, 0) is 11.2 Å². The van der Waals surface area contributed by atoms with Crippen molar-refractivity contribution in [2.45, 2.75) is 13.3 Å². The minimum absolute atomic E-state index is 0.111. The molecular formula is C18H14N4O2S2. The van der Waals surface area contributed by atoms with Crippen molar-refractivity contribution in [3.05, 3.63) is 58.6 Å². The van der Waals surface area contributed by atoms with E-state index in [0.717, 1.165) is 39.2 Å². The predicted molar refractivity (Wildman–Crippen MR) is 102 cm³/mol. The van der Waals surface area contributed by atoms with Crippen molar-refractivity contribution < 1.29 is 9.21 Å². The summed E-state index contributed by atoms with van der Waals surface area (Å²) in [4.78, 5) is 16.7. The molecule has 0 fully saturated rings. The van der Waals surface area contributed by atoms with E-state index in [4.69, 9.17) is 4.42 Å². The second-order valence-corrected chi connectivity index (χ2v) is 7.11. The van der Waals surface area contributed by atoms with Gasteiger partial charge in [-0.15, -0.1) is 16.4 Å². The number of nitrogens with one attached hydrogen (secondary N) is 1. The normalized spacial score (nSPS) is 10.8. The molecule has 1 aromatic carbocycles. The van der Waals surface area contributed by atoms with Gasteiger partial charge >= 0.3 is 0 Å². The Morgan fingerprint density at radius 1 is 1.15 bits per heavy atom. The first-order chi connectivity index (χ1) is 12.7. The van der Waals surface area contributed by atoms with Crippen LogP contribution in [0.2, 0.25) is 0 Å². The summed E-state index contributed by atoms with van der Waals surface area (Å²) in [6.07, 6.45) is 0.216. The number of aryl methyl sites for hydroxylation is 1. The summed E-state index contributed by atoms with van der Waals surface area (Å²) in [5, 5.41) is 11.5. The third-order valence-corrected chi connectivity index (χ3v) is 5.08. The van der Waals surface area contributed by atoms with Crippen LogP contribution in [0.5, 0.6) is 0 Å². The summed E-state index contributed by atoms with van der Waals surface area (Å²) >= 11 is 2.78. The minimum atomic E-state index is -0.111. The summed E-state index contributed by atoms with van der Waals surface area (Å²) in [7, 11) is 0. The monoisotopic (exact) mass is 382 g/mol. The second kappa shape index (κ2) is 7.19. The van der Waals surface area contributed by atoms with E-state index in [9.17, 15) is 4.79 Å². The van der Waals surface area contributed by atoms with Gasteiger partial charge in [-0.1, -0.05) is 16.6 Å². The van der Waals surface area contributed by atoms with E-state index in [0.29, 0.717) is 0 Å². The molecule has 0 saturated carbocycles. The molecule has 1 amide bonds. The van der Waals surface area contributed by atoms with Crippen LogP contribution in [0.4, 0.5) is 5.69 Å². The number of aromatic nitrogens is 3. The maximum absolute atomic E-state index is 12.3. The Hall–Kier alpha value is -2.84. The SMILES string of the molecule is Cc1ccc(-c2nc(CC(=O)Nc3ccc(-c4csnn4)cc3)cs2)o1. The van der Waals surface area contributed by atoms with Crippen LogP contribution in [0.25, 0.3) is 22.0 Å². The molecule has 8 heteroatoms. The smallest absolute Gasteiger partial charge is 0.230 e. The number of carbonyl (C=O) groups is 1. The highest BCUT2D eigenvalue weighted by Gasteiger charge is 2.11.